The van der Waals surface area contributed by atoms with Crippen molar-refractivity contribution in [2.24, 2.45) is 0 Å². The van der Waals surface area contributed by atoms with Crippen molar-refractivity contribution in [1.29, 1.82) is 0 Å². The van der Waals surface area contributed by atoms with Crippen LogP contribution in [-0.4, -0.2) is 28.0 Å². The van der Waals surface area contributed by atoms with E-state index in [2.05, 4.69) is 0 Å². The minimum absolute atomic E-state index is 0. The van der Waals surface area contributed by atoms with Crippen molar-refractivity contribution < 1.29 is 26.4 Å². The Bertz CT molecular complexity index is 520. The van der Waals surface area contributed by atoms with Gasteiger partial charge in [-0.05, 0) is 6.08 Å². The Hall–Kier alpha value is -1.13. The highest BCUT2D eigenvalue weighted by Crippen LogP contribution is 2.09. The lowest BCUT2D eigenvalue weighted by Gasteiger charge is -2.07. The molecule has 0 saturated carbocycles. The second-order valence-corrected chi connectivity index (χ2v) is 4.53. The van der Waals surface area contributed by atoms with E-state index >= 15 is 0 Å². The summed E-state index contributed by atoms with van der Waals surface area (Å²) in [6.07, 6.45) is 5.11. The number of allylic oxidation sites excluding steroid dienone is 1. The second-order valence-electron chi connectivity index (χ2n) is 4.04. The minimum atomic E-state index is 0. The summed E-state index contributed by atoms with van der Waals surface area (Å²) in [5, 5.41) is 0. The zero-order valence-corrected chi connectivity index (χ0v) is 12.5. The molecule has 0 bridgehead atoms. The van der Waals surface area contributed by atoms with Gasteiger partial charge in [0.05, 0.1) is 11.3 Å². The number of hydrogen-bond donors (Lipinski definition) is 0. The number of hydrogen-bond acceptors (Lipinski definition) is 2. The van der Waals surface area contributed by atoms with E-state index in [0.29, 0.717) is 6.42 Å². The van der Waals surface area contributed by atoms with Crippen LogP contribution in [0.5, 0.6) is 0 Å². The lowest BCUT2D eigenvalue weighted by Crippen LogP contribution is -3.00. The van der Waals surface area contributed by atoms with E-state index in [4.69, 9.17) is 12.2 Å². The SMILES string of the molecule is C[N+]1=C(CC(=O)c2ccccc2)C(=S)CC=C1.[Br-]. The van der Waals surface area contributed by atoms with Gasteiger partial charge in [0.1, 0.15) is 7.05 Å². The largest absolute Gasteiger partial charge is 1.00 e. The number of nitrogens with zero attached hydrogens (tertiary/aromatic N) is 1. The van der Waals surface area contributed by atoms with Gasteiger partial charge in [-0.25, -0.2) is 4.58 Å². The van der Waals surface area contributed by atoms with E-state index in [0.717, 1.165) is 22.6 Å². The Labute approximate surface area is 123 Å². The van der Waals surface area contributed by atoms with Crippen LogP contribution in [0.15, 0.2) is 42.6 Å². The molecule has 1 aliphatic rings. The van der Waals surface area contributed by atoms with Gasteiger partial charge < -0.3 is 17.0 Å². The summed E-state index contributed by atoms with van der Waals surface area (Å²) in [4.78, 5) is 12.9. The lowest BCUT2D eigenvalue weighted by molar-refractivity contribution is -0.422. The highest BCUT2D eigenvalue weighted by atomic mass is 79.9. The molecule has 0 aromatic heterocycles. The molecule has 0 unspecified atom stereocenters. The predicted octanol–water partition coefficient (Wildman–Crippen LogP) is -0.366. The number of carbonyl (C=O) groups is 1. The molecule has 0 amide bonds. The van der Waals surface area contributed by atoms with Gasteiger partial charge in [0, 0.05) is 12.0 Å². The van der Waals surface area contributed by atoms with Crippen molar-refractivity contribution in [2.75, 3.05) is 7.05 Å². The first-order chi connectivity index (χ1) is 8.18. The monoisotopic (exact) mass is 323 g/mol. The van der Waals surface area contributed by atoms with Crippen LogP contribution >= 0.6 is 12.2 Å². The number of rotatable bonds is 3. The van der Waals surface area contributed by atoms with Crippen molar-refractivity contribution in [2.45, 2.75) is 12.8 Å². The molecular formula is C14H14BrNOS. The zero-order valence-electron chi connectivity index (χ0n) is 10.1. The second kappa shape index (κ2) is 6.71. The Morgan fingerprint density at radius 3 is 2.61 bits per heavy atom. The standard InChI is InChI=1S/C14H14NOS.BrH/c1-15-9-5-8-14(17)12(15)10-13(16)11-6-3-2-4-7-11;/h2-7,9H,8,10H2,1H3;1H/q+1;/p-1. The molecule has 0 spiro atoms. The summed E-state index contributed by atoms with van der Waals surface area (Å²) in [6.45, 7) is 0. The summed E-state index contributed by atoms with van der Waals surface area (Å²) in [5.74, 6) is 0.116. The van der Waals surface area contributed by atoms with Crippen molar-refractivity contribution in [3.8, 4) is 0 Å². The summed E-state index contributed by atoms with van der Waals surface area (Å²) in [7, 11) is 1.93. The Morgan fingerprint density at radius 2 is 2.00 bits per heavy atom. The number of ketones is 1. The number of benzene rings is 1. The fourth-order valence-corrected chi connectivity index (χ4v) is 2.14. The van der Waals surface area contributed by atoms with Crippen LogP contribution in [0.4, 0.5) is 0 Å². The van der Waals surface area contributed by atoms with Gasteiger partial charge in [-0.2, -0.15) is 0 Å². The van der Waals surface area contributed by atoms with Gasteiger partial charge in [-0.3, -0.25) is 4.79 Å². The Morgan fingerprint density at radius 1 is 1.33 bits per heavy atom. The van der Waals surface area contributed by atoms with Crippen molar-refractivity contribution in [3.05, 3.63) is 48.2 Å². The first-order valence-corrected chi connectivity index (χ1v) is 5.96. The van der Waals surface area contributed by atoms with Crippen LogP contribution in [-0.2, 0) is 0 Å². The summed E-state index contributed by atoms with van der Waals surface area (Å²) >= 11 is 5.29. The third-order valence-corrected chi connectivity index (χ3v) is 3.21. The lowest BCUT2D eigenvalue weighted by atomic mass is 10.0. The molecule has 0 fully saturated rings. The third-order valence-electron chi connectivity index (χ3n) is 2.80. The van der Waals surface area contributed by atoms with Crippen molar-refractivity contribution >= 4 is 28.6 Å². The molecule has 2 rings (SSSR count). The number of Topliss-reactive ketones (excluding diaryl/α,β-unsaturated/α-hetero) is 1. The molecule has 1 aliphatic heterocycles. The number of halogens is 1. The topological polar surface area (TPSA) is 20.1 Å². The van der Waals surface area contributed by atoms with E-state index < -0.39 is 0 Å². The summed E-state index contributed by atoms with van der Waals surface area (Å²) in [6, 6.07) is 9.33. The Balaban J connectivity index is 0.00000162. The molecule has 1 aromatic rings. The molecular weight excluding hydrogens is 310 g/mol. The van der Waals surface area contributed by atoms with Crippen LogP contribution in [0.25, 0.3) is 0 Å². The molecule has 0 N–H and O–H groups in total. The average molecular weight is 324 g/mol. The smallest absolute Gasteiger partial charge is 0.203 e. The van der Waals surface area contributed by atoms with Crippen LogP contribution in [0.2, 0.25) is 0 Å². The minimum Gasteiger partial charge on any atom is -1.00 e. The van der Waals surface area contributed by atoms with Gasteiger partial charge in [-0.1, -0.05) is 42.5 Å². The summed E-state index contributed by atoms with van der Waals surface area (Å²) in [5.41, 5.74) is 1.68. The molecule has 1 aromatic carbocycles. The van der Waals surface area contributed by atoms with Gasteiger partial charge in [0.25, 0.3) is 0 Å². The Kier molecular flexibility index (Phi) is 5.56. The average Bonchev–Trinajstić information content (AvgIpc) is 2.35. The van der Waals surface area contributed by atoms with Crippen LogP contribution in [0.1, 0.15) is 23.2 Å². The first kappa shape index (κ1) is 14.9. The molecule has 94 valence electrons. The quantitative estimate of drug-likeness (QED) is 0.430. The zero-order chi connectivity index (χ0) is 12.3. The molecule has 1 heterocycles. The third kappa shape index (κ3) is 3.43. The van der Waals surface area contributed by atoms with E-state index in [1.807, 2.05) is 54.2 Å². The highest BCUT2D eigenvalue weighted by molar-refractivity contribution is 7.82. The van der Waals surface area contributed by atoms with Crippen LogP contribution < -0.4 is 17.0 Å². The molecule has 0 atom stereocenters. The molecule has 0 saturated heterocycles. The van der Waals surface area contributed by atoms with Gasteiger partial charge >= 0.3 is 0 Å². The molecule has 0 radical (unpaired) electrons. The predicted molar refractivity (Wildman–Crippen MR) is 72.9 cm³/mol. The maximum atomic E-state index is 12.1. The number of carbonyl (C=O) groups excluding carboxylic acids is 1. The van der Waals surface area contributed by atoms with Gasteiger partial charge in [-0.15, -0.1) is 0 Å². The molecule has 2 nitrogen and oxygen atoms in total. The number of thiocarbonyl (C=S) groups is 1. The first-order valence-electron chi connectivity index (χ1n) is 5.55. The van der Waals surface area contributed by atoms with Crippen LogP contribution in [0, 0.1) is 0 Å². The van der Waals surface area contributed by atoms with E-state index in [1.165, 1.54) is 0 Å². The maximum absolute atomic E-state index is 12.1. The fraction of sp³-hybridized carbons (Fsp3) is 0.214. The molecule has 0 aliphatic carbocycles. The van der Waals surface area contributed by atoms with Gasteiger partial charge in [0.2, 0.25) is 5.71 Å². The maximum Gasteiger partial charge on any atom is 0.203 e. The normalized spacial score (nSPS) is 14.4. The fourth-order valence-electron chi connectivity index (χ4n) is 1.82. The van der Waals surface area contributed by atoms with E-state index in [-0.39, 0.29) is 22.8 Å². The highest BCUT2D eigenvalue weighted by Gasteiger charge is 2.22. The summed E-state index contributed by atoms with van der Waals surface area (Å²) < 4.78 is 1.94. The molecule has 18 heavy (non-hydrogen) atoms. The van der Waals surface area contributed by atoms with Crippen molar-refractivity contribution in [3.63, 3.8) is 0 Å². The molecule has 4 heteroatoms. The van der Waals surface area contributed by atoms with Crippen molar-refractivity contribution in [1.82, 2.24) is 0 Å². The van der Waals surface area contributed by atoms with Gasteiger partial charge in [0.15, 0.2) is 12.0 Å². The van der Waals surface area contributed by atoms with Crippen LogP contribution in [0.3, 0.4) is 0 Å². The van der Waals surface area contributed by atoms with E-state index in [9.17, 15) is 4.79 Å². The van der Waals surface area contributed by atoms with E-state index in [1.54, 1.807) is 0 Å².